The van der Waals surface area contributed by atoms with Crippen LogP contribution in [0.4, 0.5) is 0 Å². The van der Waals surface area contributed by atoms with Crippen molar-refractivity contribution in [3.8, 4) is 0 Å². The summed E-state index contributed by atoms with van der Waals surface area (Å²) < 4.78 is 9.91. The van der Waals surface area contributed by atoms with Crippen molar-refractivity contribution in [1.82, 2.24) is 0 Å². The third kappa shape index (κ3) is 9.25. The minimum atomic E-state index is -1.08. The van der Waals surface area contributed by atoms with Crippen LogP contribution in [-0.2, 0) is 19.1 Å². The normalized spacial score (nSPS) is 13.9. The van der Waals surface area contributed by atoms with E-state index in [2.05, 4.69) is 0 Å². The lowest BCUT2D eigenvalue weighted by Crippen LogP contribution is -2.39. The van der Waals surface area contributed by atoms with Crippen LogP contribution in [0.3, 0.4) is 0 Å². The number of carbonyl (C=O) groups excluding carboxylic acids is 2. The van der Waals surface area contributed by atoms with Gasteiger partial charge in [-0.15, -0.1) is 0 Å². The molecule has 0 radical (unpaired) electrons. The van der Waals surface area contributed by atoms with Crippen molar-refractivity contribution in [2.45, 2.75) is 59.2 Å². The predicted octanol–water partition coefficient (Wildman–Crippen LogP) is 1.98. The van der Waals surface area contributed by atoms with Crippen LogP contribution >= 0.6 is 0 Å². The average molecular weight is 272 g/mol. The number of allylic oxidation sites excluding steroid dienone is 1. The topological polar surface area (TPSA) is 72.8 Å². The minimum Gasteiger partial charge on any atom is -0.462 e. The summed E-state index contributed by atoms with van der Waals surface area (Å²) in [5, 5.41) is 9.92. The number of carbonyl (C=O) groups is 2. The van der Waals surface area contributed by atoms with Gasteiger partial charge in [-0.25, -0.2) is 0 Å². The molecule has 0 bridgehead atoms. The Balaban J connectivity index is 4.31. The monoisotopic (exact) mass is 272 g/mol. The van der Waals surface area contributed by atoms with Gasteiger partial charge in [0.15, 0.2) is 0 Å². The Morgan fingerprint density at radius 1 is 1.21 bits per heavy atom. The molecule has 0 aromatic carbocycles. The van der Waals surface area contributed by atoms with E-state index in [1.807, 2.05) is 6.92 Å². The molecule has 0 saturated carbocycles. The second-order valence-corrected chi connectivity index (χ2v) is 5.14. The van der Waals surface area contributed by atoms with Gasteiger partial charge in [-0.1, -0.05) is 5.57 Å². The number of esters is 2. The molecule has 1 N–H and O–H groups in total. The van der Waals surface area contributed by atoms with E-state index in [1.54, 1.807) is 19.9 Å². The maximum absolute atomic E-state index is 11.0. The summed E-state index contributed by atoms with van der Waals surface area (Å²) in [4.78, 5) is 21.6. The van der Waals surface area contributed by atoms with Crippen LogP contribution in [0.2, 0.25) is 0 Å². The second-order valence-electron chi connectivity index (χ2n) is 5.14. The SMILES string of the molecule is CC(=O)OC/C=C(\C)CCC(OC(C)=O)C(C)(C)O. The maximum atomic E-state index is 11.0. The zero-order valence-electron chi connectivity index (χ0n) is 12.4. The third-order valence-electron chi connectivity index (χ3n) is 2.62. The first kappa shape index (κ1) is 17.6. The molecule has 5 nitrogen and oxygen atoms in total. The van der Waals surface area contributed by atoms with Gasteiger partial charge in [0.1, 0.15) is 12.7 Å². The van der Waals surface area contributed by atoms with Crippen molar-refractivity contribution in [2.75, 3.05) is 6.61 Å². The van der Waals surface area contributed by atoms with Gasteiger partial charge in [0, 0.05) is 13.8 Å². The molecule has 0 fully saturated rings. The highest BCUT2D eigenvalue weighted by Gasteiger charge is 2.29. The maximum Gasteiger partial charge on any atom is 0.303 e. The molecule has 1 unspecified atom stereocenters. The third-order valence-corrected chi connectivity index (χ3v) is 2.62. The molecule has 5 heteroatoms. The number of ether oxygens (including phenoxy) is 2. The Hall–Kier alpha value is -1.36. The van der Waals surface area contributed by atoms with Gasteiger partial charge in [0.25, 0.3) is 0 Å². The lowest BCUT2D eigenvalue weighted by molar-refractivity contribution is -0.159. The zero-order chi connectivity index (χ0) is 15.1. The Morgan fingerprint density at radius 2 is 1.79 bits per heavy atom. The first-order valence-corrected chi connectivity index (χ1v) is 6.31. The summed E-state index contributed by atoms with van der Waals surface area (Å²) in [5.41, 5.74) is -0.0652. The summed E-state index contributed by atoms with van der Waals surface area (Å²) in [5.74, 6) is -0.730. The minimum absolute atomic E-state index is 0.238. The highest BCUT2D eigenvalue weighted by Crippen LogP contribution is 2.20. The molecule has 0 amide bonds. The van der Waals surface area contributed by atoms with E-state index < -0.39 is 17.7 Å². The van der Waals surface area contributed by atoms with Crippen molar-refractivity contribution in [3.63, 3.8) is 0 Å². The van der Waals surface area contributed by atoms with Crippen LogP contribution in [0.25, 0.3) is 0 Å². The molecule has 0 saturated heterocycles. The molecule has 110 valence electrons. The number of rotatable bonds is 7. The lowest BCUT2D eigenvalue weighted by Gasteiger charge is -2.28. The van der Waals surface area contributed by atoms with E-state index in [0.717, 1.165) is 5.57 Å². The Labute approximate surface area is 114 Å². The van der Waals surface area contributed by atoms with Gasteiger partial charge < -0.3 is 14.6 Å². The van der Waals surface area contributed by atoms with Crippen LogP contribution in [0, 0.1) is 0 Å². The average Bonchev–Trinajstić information content (AvgIpc) is 2.21. The molecule has 0 rings (SSSR count). The number of hydrogen-bond donors (Lipinski definition) is 1. The highest BCUT2D eigenvalue weighted by molar-refractivity contribution is 5.66. The first-order chi connectivity index (χ1) is 8.62. The zero-order valence-corrected chi connectivity index (χ0v) is 12.4. The van der Waals surface area contributed by atoms with Gasteiger partial charge in [0.05, 0.1) is 5.60 Å². The molecule has 0 heterocycles. The van der Waals surface area contributed by atoms with Crippen LogP contribution in [-0.4, -0.2) is 35.4 Å². The molecule has 1 atom stereocenters. The molecule has 0 spiro atoms. The predicted molar refractivity (Wildman–Crippen MR) is 71.5 cm³/mol. The van der Waals surface area contributed by atoms with E-state index in [4.69, 9.17) is 9.47 Å². The van der Waals surface area contributed by atoms with E-state index in [-0.39, 0.29) is 12.6 Å². The van der Waals surface area contributed by atoms with Crippen molar-refractivity contribution in [1.29, 1.82) is 0 Å². The van der Waals surface area contributed by atoms with Crippen LogP contribution in [0.5, 0.6) is 0 Å². The molecular formula is C14H24O5. The fourth-order valence-corrected chi connectivity index (χ4v) is 1.52. The number of aliphatic hydroxyl groups is 1. The fourth-order valence-electron chi connectivity index (χ4n) is 1.52. The molecular weight excluding hydrogens is 248 g/mol. The molecule has 0 aliphatic carbocycles. The second kappa shape index (κ2) is 7.94. The summed E-state index contributed by atoms with van der Waals surface area (Å²) >= 11 is 0. The Morgan fingerprint density at radius 3 is 2.21 bits per heavy atom. The smallest absolute Gasteiger partial charge is 0.303 e. The summed E-state index contributed by atoms with van der Waals surface area (Å²) in [6.45, 7) is 8.04. The van der Waals surface area contributed by atoms with Gasteiger partial charge in [-0.05, 0) is 39.7 Å². The van der Waals surface area contributed by atoms with Crippen molar-refractivity contribution in [3.05, 3.63) is 11.6 Å². The highest BCUT2D eigenvalue weighted by atomic mass is 16.6. The summed E-state index contributed by atoms with van der Waals surface area (Å²) in [6, 6.07) is 0. The van der Waals surface area contributed by atoms with Crippen molar-refractivity contribution < 1.29 is 24.2 Å². The standard InChI is InChI=1S/C14H24O5/c1-10(8-9-18-11(2)15)6-7-13(14(4,5)17)19-12(3)16/h8,13,17H,6-7,9H2,1-5H3/b10-8+. The summed E-state index contributed by atoms with van der Waals surface area (Å²) in [7, 11) is 0. The molecule has 19 heavy (non-hydrogen) atoms. The van der Waals surface area contributed by atoms with Gasteiger partial charge >= 0.3 is 11.9 Å². The van der Waals surface area contributed by atoms with Crippen molar-refractivity contribution >= 4 is 11.9 Å². The number of hydrogen-bond acceptors (Lipinski definition) is 5. The van der Waals surface area contributed by atoms with Gasteiger partial charge in [-0.3, -0.25) is 9.59 Å². The molecule has 0 aromatic rings. The Bertz CT molecular complexity index is 338. The summed E-state index contributed by atoms with van der Waals surface area (Å²) in [6.07, 6.45) is 2.42. The van der Waals surface area contributed by atoms with Crippen molar-refractivity contribution in [2.24, 2.45) is 0 Å². The Kier molecular flexibility index (Phi) is 7.37. The molecule has 0 aliphatic heterocycles. The first-order valence-electron chi connectivity index (χ1n) is 6.31. The lowest BCUT2D eigenvalue weighted by atomic mass is 9.95. The molecule has 0 aromatic heterocycles. The van der Waals surface area contributed by atoms with Crippen LogP contribution in [0.15, 0.2) is 11.6 Å². The van der Waals surface area contributed by atoms with E-state index in [9.17, 15) is 14.7 Å². The van der Waals surface area contributed by atoms with E-state index in [1.165, 1.54) is 13.8 Å². The molecule has 0 aliphatic rings. The van der Waals surface area contributed by atoms with E-state index >= 15 is 0 Å². The van der Waals surface area contributed by atoms with Gasteiger partial charge in [0.2, 0.25) is 0 Å². The van der Waals surface area contributed by atoms with Gasteiger partial charge in [-0.2, -0.15) is 0 Å². The van der Waals surface area contributed by atoms with Crippen LogP contribution < -0.4 is 0 Å². The van der Waals surface area contributed by atoms with Crippen LogP contribution in [0.1, 0.15) is 47.5 Å². The quantitative estimate of drug-likeness (QED) is 0.566. The fraction of sp³-hybridized carbons (Fsp3) is 0.714. The van der Waals surface area contributed by atoms with E-state index in [0.29, 0.717) is 12.8 Å². The largest absolute Gasteiger partial charge is 0.462 e.